The van der Waals surface area contributed by atoms with E-state index in [0.717, 1.165) is 45.8 Å². The van der Waals surface area contributed by atoms with Gasteiger partial charge >= 0.3 is 5.97 Å². The molecular weight excluding hydrogens is 388 g/mol. The van der Waals surface area contributed by atoms with Crippen LogP contribution in [0.4, 0.5) is 0 Å². The molecule has 0 unspecified atom stereocenters. The first kappa shape index (κ1) is 16.0. The molecule has 0 atom stereocenters. The molecule has 0 saturated heterocycles. The number of carbonyl (C=O) groups is 2. The van der Waals surface area contributed by atoms with Gasteiger partial charge in [0.05, 0.1) is 6.61 Å². The van der Waals surface area contributed by atoms with Crippen molar-refractivity contribution in [2.45, 2.75) is 25.7 Å². The number of ketones is 1. The first-order chi connectivity index (χ1) is 11.6. The van der Waals surface area contributed by atoms with E-state index in [1.54, 1.807) is 17.4 Å². The Hall–Kier alpha value is -1.46. The highest BCUT2D eigenvalue weighted by Gasteiger charge is 2.35. The molecule has 2 fully saturated rings. The lowest BCUT2D eigenvalue weighted by Crippen LogP contribution is -2.18. The fraction of sp³-hybridized carbons (Fsp3) is 0.368. The largest absolute Gasteiger partial charge is 0.462 e. The number of Topliss-reactive ketones (excluding diaryl/α,β-unsaturated/α-hetero) is 1. The van der Waals surface area contributed by atoms with Crippen molar-refractivity contribution in [2.75, 3.05) is 6.61 Å². The van der Waals surface area contributed by atoms with Crippen LogP contribution in [0, 0.1) is 11.8 Å². The Bertz CT molecular complexity index is 843. The Kier molecular flexibility index (Phi) is 4.31. The molecule has 2 aliphatic carbocycles. The number of thiophene rings is 1. The topological polar surface area (TPSA) is 43.4 Å². The number of halogens is 1. The maximum Gasteiger partial charge on any atom is 0.341 e. The van der Waals surface area contributed by atoms with Crippen LogP contribution in [0.15, 0.2) is 33.6 Å². The molecule has 0 spiro atoms. The van der Waals surface area contributed by atoms with Crippen molar-refractivity contribution in [1.29, 1.82) is 0 Å². The predicted molar refractivity (Wildman–Crippen MR) is 98.9 cm³/mol. The smallest absolute Gasteiger partial charge is 0.341 e. The first-order valence-electron chi connectivity index (χ1n) is 8.22. The summed E-state index contributed by atoms with van der Waals surface area (Å²) < 4.78 is 7.52. The number of hydrogen-bond donors (Lipinski definition) is 0. The summed E-state index contributed by atoms with van der Waals surface area (Å²) >= 11 is 5.15. The summed E-state index contributed by atoms with van der Waals surface area (Å²) in [5.41, 5.74) is 1.11. The molecule has 0 radical (unpaired) electrons. The van der Waals surface area contributed by atoms with Crippen molar-refractivity contribution in [3.8, 4) is 0 Å². The van der Waals surface area contributed by atoms with E-state index in [9.17, 15) is 9.59 Å². The Morgan fingerprint density at radius 1 is 1.25 bits per heavy atom. The van der Waals surface area contributed by atoms with Crippen molar-refractivity contribution in [2.24, 2.45) is 11.8 Å². The SMILES string of the molecule is O=C(OCC1CC1)/C(=C\c1csc2c(Br)cccc12)C(=O)C1CC1. The maximum absolute atomic E-state index is 12.6. The fourth-order valence-corrected chi connectivity index (χ4v) is 4.24. The minimum atomic E-state index is -0.465. The summed E-state index contributed by atoms with van der Waals surface area (Å²) in [6, 6.07) is 5.97. The Labute approximate surface area is 152 Å². The standard InChI is InChI=1S/C19H17BrO3S/c20-16-3-1-2-14-13(10-24-18(14)16)8-15(17(21)12-6-7-12)19(22)23-9-11-4-5-11/h1-3,8,10-12H,4-7,9H2/b15-8-. The van der Waals surface area contributed by atoms with Crippen LogP contribution in [-0.2, 0) is 14.3 Å². The van der Waals surface area contributed by atoms with Gasteiger partial charge in [0.25, 0.3) is 0 Å². The van der Waals surface area contributed by atoms with Gasteiger partial charge < -0.3 is 4.74 Å². The highest BCUT2D eigenvalue weighted by atomic mass is 79.9. The Morgan fingerprint density at radius 3 is 2.75 bits per heavy atom. The highest BCUT2D eigenvalue weighted by Crippen LogP contribution is 2.36. The summed E-state index contributed by atoms with van der Waals surface area (Å²) in [6.45, 7) is 0.435. The quantitative estimate of drug-likeness (QED) is 0.295. The van der Waals surface area contributed by atoms with E-state index in [1.165, 1.54) is 0 Å². The summed E-state index contributed by atoms with van der Waals surface area (Å²) in [5.74, 6) is -0.0381. The number of esters is 1. The zero-order chi connectivity index (χ0) is 16.7. The molecule has 0 amide bonds. The molecule has 1 heterocycles. The highest BCUT2D eigenvalue weighted by molar-refractivity contribution is 9.10. The Morgan fingerprint density at radius 2 is 2.04 bits per heavy atom. The monoisotopic (exact) mass is 404 g/mol. The zero-order valence-corrected chi connectivity index (χ0v) is 15.5. The van der Waals surface area contributed by atoms with Gasteiger partial charge in [-0.1, -0.05) is 12.1 Å². The molecule has 1 aromatic carbocycles. The van der Waals surface area contributed by atoms with Crippen molar-refractivity contribution < 1.29 is 14.3 Å². The van der Waals surface area contributed by atoms with Crippen molar-refractivity contribution in [3.63, 3.8) is 0 Å². The number of rotatable bonds is 6. The summed E-state index contributed by atoms with van der Waals surface area (Å²) in [7, 11) is 0. The average molecular weight is 405 g/mol. The number of hydrogen-bond acceptors (Lipinski definition) is 4. The van der Waals surface area contributed by atoms with E-state index in [0.29, 0.717) is 12.5 Å². The van der Waals surface area contributed by atoms with E-state index in [1.807, 2.05) is 23.6 Å². The van der Waals surface area contributed by atoms with Gasteiger partial charge in [0.1, 0.15) is 5.57 Å². The molecule has 124 valence electrons. The zero-order valence-electron chi connectivity index (χ0n) is 13.1. The van der Waals surface area contributed by atoms with Gasteiger partial charge in [0.2, 0.25) is 0 Å². The third kappa shape index (κ3) is 3.33. The third-order valence-corrected chi connectivity index (χ3v) is 6.43. The molecule has 2 aromatic rings. The summed E-state index contributed by atoms with van der Waals surface area (Å²) in [4.78, 5) is 25.0. The van der Waals surface area contributed by atoms with Crippen LogP contribution in [0.5, 0.6) is 0 Å². The lowest BCUT2D eigenvalue weighted by Gasteiger charge is -2.07. The molecule has 0 N–H and O–H groups in total. The minimum absolute atomic E-state index is 0.00126. The van der Waals surface area contributed by atoms with E-state index in [2.05, 4.69) is 15.9 Å². The molecule has 5 heteroatoms. The second-order valence-corrected chi connectivity index (χ2v) is 8.28. The molecule has 0 aliphatic heterocycles. The lowest BCUT2D eigenvalue weighted by molar-refractivity contribution is -0.141. The summed E-state index contributed by atoms with van der Waals surface area (Å²) in [6.07, 6.45) is 5.71. The van der Waals surface area contributed by atoms with Gasteiger partial charge in [-0.3, -0.25) is 4.79 Å². The molecule has 4 rings (SSSR count). The van der Waals surface area contributed by atoms with Crippen LogP contribution in [0.1, 0.15) is 31.2 Å². The molecule has 3 nitrogen and oxygen atoms in total. The van der Waals surface area contributed by atoms with E-state index in [4.69, 9.17) is 4.74 Å². The van der Waals surface area contributed by atoms with Gasteiger partial charge in [0.15, 0.2) is 5.78 Å². The van der Waals surface area contributed by atoms with Crippen molar-refractivity contribution >= 4 is 55.2 Å². The molecule has 24 heavy (non-hydrogen) atoms. The third-order valence-electron chi connectivity index (χ3n) is 4.46. The van der Waals surface area contributed by atoms with Crippen molar-refractivity contribution in [1.82, 2.24) is 0 Å². The van der Waals surface area contributed by atoms with E-state index < -0.39 is 5.97 Å². The summed E-state index contributed by atoms with van der Waals surface area (Å²) in [5, 5.41) is 3.04. The van der Waals surface area contributed by atoms with Crippen LogP contribution >= 0.6 is 27.3 Å². The average Bonchev–Trinajstić information content (AvgIpc) is 3.48. The van der Waals surface area contributed by atoms with Gasteiger partial charge in [-0.25, -0.2) is 4.79 Å². The first-order valence-corrected chi connectivity index (χ1v) is 9.89. The second-order valence-electron chi connectivity index (χ2n) is 6.55. The molecule has 2 saturated carbocycles. The van der Waals surface area contributed by atoms with E-state index >= 15 is 0 Å². The lowest BCUT2D eigenvalue weighted by atomic mass is 10.0. The molecule has 0 bridgehead atoms. The van der Waals surface area contributed by atoms with Crippen molar-refractivity contribution in [3.05, 3.63) is 39.2 Å². The number of benzene rings is 1. The van der Waals surface area contributed by atoms with Crippen LogP contribution < -0.4 is 0 Å². The predicted octanol–water partition coefficient (Wildman–Crippen LogP) is 4.98. The molecule has 2 aliphatic rings. The maximum atomic E-state index is 12.6. The fourth-order valence-electron chi connectivity index (χ4n) is 2.66. The van der Waals surface area contributed by atoms with Crippen LogP contribution in [-0.4, -0.2) is 18.4 Å². The molecular formula is C19H17BrO3S. The normalized spacial score (nSPS) is 18.0. The molecule has 1 aromatic heterocycles. The van der Waals surface area contributed by atoms with Gasteiger partial charge in [0, 0.05) is 20.5 Å². The van der Waals surface area contributed by atoms with Crippen LogP contribution in [0.2, 0.25) is 0 Å². The number of fused-ring (bicyclic) bond motifs is 1. The van der Waals surface area contributed by atoms with Gasteiger partial charge in [-0.05, 0) is 70.6 Å². The Balaban J connectivity index is 1.67. The second kappa shape index (κ2) is 6.45. The number of ether oxygens (including phenoxy) is 1. The van der Waals surface area contributed by atoms with Gasteiger partial charge in [-0.15, -0.1) is 11.3 Å². The number of carbonyl (C=O) groups excluding carboxylic acids is 2. The van der Waals surface area contributed by atoms with Gasteiger partial charge in [-0.2, -0.15) is 0 Å². The van der Waals surface area contributed by atoms with Crippen LogP contribution in [0.25, 0.3) is 16.2 Å². The minimum Gasteiger partial charge on any atom is -0.462 e. The van der Waals surface area contributed by atoms with Crippen LogP contribution in [0.3, 0.4) is 0 Å². The van der Waals surface area contributed by atoms with E-state index in [-0.39, 0.29) is 17.3 Å².